The molecule has 5 heteroatoms. The Bertz CT molecular complexity index is 367. The molecule has 0 aliphatic heterocycles. The molecule has 0 spiro atoms. The van der Waals surface area contributed by atoms with E-state index in [-0.39, 0.29) is 24.4 Å². The number of benzene rings is 1. The van der Waals surface area contributed by atoms with Gasteiger partial charge in [-0.25, -0.2) is 0 Å². The molecule has 1 amide bonds. The summed E-state index contributed by atoms with van der Waals surface area (Å²) < 4.78 is 0. The fraction of sp³-hybridized carbons (Fsp3) is 0.364. The van der Waals surface area contributed by atoms with Gasteiger partial charge in [0, 0.05) is 23.2 Å². The number of halogens is 2. The summed E-state index contributed by atoms with van der Waals surface area (Å²) in [5.41, 5.74) is 7.26. The van der Waals surface area contributed by atoms with Crippen LogP contribution in [0.1, 0.15) is 18.9 Å². The van der Waals surface area contributed by atoms with E-state index in [1.54, 1.807) is 19.1 Å². The van der Waals surface area contributed by atoms with Gasteiger partial charge in [-0.1, -0.05) is 17.7 Å². The Morgan fingerprint density at radius 2 is 2.19 bits per heavy atom. The number of hydrogen-bond donors (Lipinski definition) is 2. The van der Waals surface area contributed by atoms with Crippen LogP contribution < -0.4 is 11.1 Å². The minimum atomic E-state index is -0.135. The van der Waals surface area contributed by atoms with Gasteiger partial charge in [-0.2, -0.15) is 0 Å². The Balaban J connectivity index is 0.00000225. The smallest absolute Gasteiger partial charge is 0.225 e. The van der Waals surface area contributed by atoms with Gasteiger partial charge in [0.15, 0.2) is 0 Å². The summed E-state index contributed by atoms with van der Waals surface area (Å²) in [6.45, 7) is 3.71. The second-order valence-electron chi connectivity index (χ2n) is 3.69. The van der Waals surface area contributed by atoms with Crippen molar-refractivity contribution in [1.82, 2.24) is 0 Å². The molecule has 1 aromatic rings. The number of hydrogen-bond acceptors (Lipinski definition) is 2. The van der Waals surface area contributed by atoms with Crippen molar-refractivity contribution in [2.24, 2.45) is 5.73 Å². The minimum Gasteiger partial charge on any atom is -0.327 e. The van der Waals surface area contributed by atoms with Crippen LogP contribution in [0, 0.1) is 6.92 Å². The molecule has 0 radical (unpaired) electrons. The van der Waals surface area contributed by atoms with Gasteiger partial charge in [-0.3, -0.25) is 4.79 Å². The first-order valence-electron chi connectivity index (χ1n) is 4.80. The van der Waals surface area contributed by atoms with Crippen molar-refractivity contribution in [2.75, 3.05) is 5.32 Å². The molecule has 0 bridgehead atoms. The van der Waals surface area contributed by atoms with E-state index in [4.69, 9.17) is 17.3 Å². The molecular weight excluding hydrogens is 247 g/mol. The van der Waals surface area contributed by atoms with Crippen LogP contribution >= 0.6 is 24.0 Å². The van der Waals surface area contributed by atoms with Gasteiger partial charge in [-0.05, 0) is 31.5 Å². The van der Waals surface area contributed by atoms with Crippen LogP contribution in [0.5, 0.6) is 0 Å². The summed E-state index contributed by atoms with van der Waals surface area (Å²) in [6.07, 6.45) is 0.311. The van der Waals surface area contributed by atoms with Crippen LogP contribution in [0.2, 0.25) is 5.02 Å². The highest BCUT2D eigenvalue weighted by atomic mass is 35.5. The molecule has 16 heavy (non-hydrogen) atoms. The maximum atomic E-state index is 11.5. The summed E-state index contributed by atoms with van der Waals surface area (Å²) in [4.78, 5) is 11.5. The van der Waals surface area contributed by atoms with Crippen molar-refractivity contribution in [1.29, 1.82) is 0 Å². The van der Waals surface area contributed by atoms with Crippen LogP contribution in [-0.4, -0.2) is 11.9 Å². The maximum Gasteiger partial charge on any atom is 0.225 e. The largest absolute Gasteiger partial charge is 0.327 e. The van der Waals surface area contributed by atoms with E-state index >= 15 is 0 Å². The van der Waals surface area contributed by atoms with Crippen molar-refractivity contribution >= 4 is 35.6 Å². The summed E-state index contributed by atoms with van der Waals surface area (Å²) in [5.74, 6) is -0.0876. The zero-order valence-corrected chi connectivity index (χ0v) is 10.9. The first-order chi connectivity index (χ1) is 6.99. The van der Waals surface area contributed by atoms with Gasteiger partial charge < -0.3 is 11.1 Å². The SMILES string of the molecule is Cc1ccc(Cl)cc1NC(=O)CC(C)N.Cl. The Kier molecular flexibility index (Phi) is 6.41. The lowest BCUT2D eigenvalue weighted by molar-refractivity contribution is -0.116. The zero-order valence-electron chi connectivity index (χ0n) is 9.29. The van der Waals surface area contributed by atoms with E-state index < -0.39 is 0 Å². The first-order valence-corrected chi connectivity index (χ1v) is 5.18. The third-order valence-corrected chi connectivity index (χ3v) is 2.22. The van der Waals surface area contributed by atoms with Crippen molar-refractivity contribution in [3.05, 3.63) is 28.8 Å². The molecule has 0 aromatic heterocycles. The monoisotopic (exact) mass is 262 g/mol. The molecule has 1 unspecified atom stereocenters. The lowest BCUT2D eigenvalue weighted by Crippen LogP contribution is -2.24. The molecule has 1 atom stereocenters. The Labute approximate surface area is 107 Å². The number of anilines is 1. The number of amides is 1. The average molecular weight is 263 g/mol. The van der Waals surface area contributed by atoms with Gasteiger partial charge in [0.25, 0.3) is 0 Å². The fourth-order valence-electron chi connectivity index (χ4n) is 1.22. The zero-order chi connectivity index (χ0) is 11.4. The van der Waals surface area contributed by atoms with Gasteiger partial charge in [-0.15, -0.1) is 12.4 Å². The second-order valence-corrected chi connectivity index (χ2v) is 4.13. The van der Waals surface area contributed by atoms with Crippen molar-refractivity contribution < 1.29 is 4.79 Å². The van der Waals surface area contributed by atoms with Crippen molar-refractivity contribution in [3.63, 3.8) is 0 Å². The predicted molar refractivity (Wildman–Crippen MR) is 70.3 cm³/mol. The number of aryl methyl sites for hydroxylation is 1. The highest BCUT2D eigenvalue weighted by Gasteiger charge is 2.07. The van der Waals surface area contributed by atoms with Crippen LogP contribution in [0.4, 0.5) is 5.69 Å². The highest BCUT2D eigenvalue weighted by molar-refractivity contribution is 6.31. The molecule has 1 rings (SSSR count). The summed E-state index contributed by atoms with van der Waals surface area (Å²) in [6, 6.07) is 5.25. The second kappa shape index (κ2) is 6.74. The standard InChI is InChI=1S/C11H15ClN2O.ClH/c1-7-3-4-9(12)6-10(7)14-11(15)5-8(2)13;/h3-4,6,8H,5,13H2,1-2H3,(H,14,15);1H. The molecule has 3 N–H and O–H groups in total. The Morgan fingerprint density at radius 1 is 1.56 bits per heavy atom. The number of nitrogens with two attached hydrogens (primary N) is 1. The molecule has 0 saturated carbocycles. The van der Waals surface area contributed by atoms with Crippen LogP contribution in [0.15, 0.2) is 18.2 Å². The van der Waals surface area contributed by atoms with Gasteiger partial charge >= 0.3 is 0 Å². The molecule has 1 aromatic carbocycles. The quantitative estimate of drug-likeness (QED) is 0.880. The number of carbonyl (C=O) groups excluding carboxylic acids is 1. The molecule has 0 aliphatic rings. The normalized spacial score (nSPS) is 11.5. The van der Waals surface area contributed by atoms with Crippen LogP contribution in [0.3, 0.4) is 0 Å². The molecule has 0 fully saturated rings. The maximum absolute atomic E-state index is 11.5. The lowest BCUT2D eigenvalue weighted by Gasteiger charge is -2.09. The Morgan fingerprint density at radius 3 is 2.75 bits per heavy atom. The van der Waals surface area contributed by atoms with E-state index in [1.165, 1.54) is 0 Å². The number of nitrogens with one attached hydrogen (secondary N) is 1. The molecule has 90 valence electrons. The highest BCUT2D eigenvalue weighted by Crippen LogP contribution is 2.20. The number of carbonyl (C=O) groups is 1. The molecular formula is C11H16Cl2N2O. The molecule has 0 aliphatic carbocycles. The van der Waals surface area contributed by atoms with Crippen molar-refractivity contribution in [2.45, 2.75) is 26.3 Å². The predicted octanol–water partition coefficient (Wildman–Crippen LogP) is 2.75. The summed E-state index contributed by atoms with van der Waals surface area (Å²) in [7, 11) is 0. The van der Waals surface area contributed by atoms with Gasteiger partial charge in [0.05, 0.1) is 0 Å². The van der Waals surface area contributed by atoms with E-state index in [9.17, 15) is 4.79 Å². The van der Waals surface area contributed by atoms with Crippen LogP contribution in [0.25, 0.3) is 0 Å². The summed E-state index contributed by atoms with van der Waals surface area (Å²) >= 11 is 5.83. The molecule has 3 nitrogen and oxygen atoms in total. The Hall–Kier alpha value is -0.770. The van der Waals surface area contributed by atoms with Crippen LogP contribution in [-0.2, 0) is 4.79 Å². The molecule has 0 heterocycles. The number of rotatable bonds is 3. The topological polar surface area (TPSA) is 55.1 Å². The van der Waals surface area contributed by atoms with Gasteiger partial charge in [0.1, 0.15) is 0 Å². The third-order valence-electron chi connectivity index (χ3n) is 1.98. The van der Waals surface area contributed by atoms with E-state index in [1.807, 2.05) is 13.0 Å². The molecule has 0 saturated heterocycles. The fourth-order valence-corrected chi connectivity index (χ4v) is 1.39. The average Bonchev–Trinajstić information content (AvgIpc) is 2.10. The van der Waals surface area contributed by atoms with E-state index in [0.717, 1.165) is 11.3 Å². The third kappa shape index (κ3) is 4.84. The lowest BCUT2D eigenvalue weighted by atomic mass is 10.2. The first kappa shape index (κ1) is 15.2. The van der Waals surface area contributed by atoms with Crippen molar-refractivity contribution in [3.8, 4) is 0 Å². The minimum absolute atomic E-state index is 0. The summed E-state index contributed by atoms with van der Waals surface area (Å²) in [5, 5.41) is 3.39. The van der Waals surface area contributed by atoms with E-state index in [0.29, 0.717) is 11.4 Å². The van der Waals surface area contributed by atoms with E-state index in [2.05, 4.69) is 5.32 Å². The van der Waals surface area contributed by atoms with Gasteiger partial charge in [0.2, 0.25) is 5.91 Å².